The fraction of sp³-hybridized carbons (Fsp3) is 0.647. The molecule has 24 heavy (non-hydrogen) atoms. The lowest BCUT2D eigenvalue weighted by Crippen LogP contribution is -2.50. The Morgan fingerprint density at radius 2 is 1.62 bits per heavy atom. The van der Waals surface area contributed by atoms with Crippen molar-refractivity contribution in [2.45, 2.75) is 18.7 Å². The summed E-state index contributed by atoms with van der Waals surface area (Å²) in [6.07, 6.45) is 0. The van der Waals surface area contributed by atoms with Crippen molar-refractivity contribution in [1.29, 1.82) is 0 Å². The highest BCUT2D eigenvalue weighted by molar-refractivity contribution is 7.89. The van der Waals surface area contributed by atoms with E-state index in [9.17, 15) is 8.42 Å². The number of rotatable bonds is 8. The van der Waals surface area contributed by atoms with Crippen molar-refractivity contribution in [2.24, 2.45) is 0 Å². The van der Waals surface area contributed by atoms with Crippen LogP contribution in [0, 0.1) is 0 Å². The zero-order valence-corrected chi connectivity index (χ0v) is 15.8. The minimum Gasteiger partial charge on any atom is -0.497 e. The molecule has 1 aromatic carbocycles. The van der Waals surface area contributed by atoms with E-state index in [0.717, 1.165) is 39.3 Å². The van der Waals surface area contributed by atoms with Gasteiger partial charge in [0, 0.05) is 39.3 Å². The van der Waals surface area contributed by atoms with Crippen LogP contribution in [0.15, 0.2) is 29.2 Å². The standard InChI is InChI=1S/C17H29N3O3S/c1-4-18(5-2)10-11-19-12-14-20(15-13-19)24(21,22)17-8-6-16(23-3)7-9-17/h6-9H,4-5,10-15H2,1-3H3. The van der Waals surface area contributed by atoms with Crippen LogP contribution < -0.4 is 4.74 Å². The molecule has 1 fully saturated rings. The van der Waals surface area contributed by atoms with Gasteiger partial charge in [-0.3, -0.25) is 4.90 Å². The van der Waals surface area contributed by atoms with Crippen LogP contribution in [-0.4, -0.2) is 82.0 Å². The summed E-state index contributed by atoms with van der Waals surface area (Å²) in [5.41, 5.74) is 0. The van der Waals surface area contributed by atoms with Crippen LogP contribution in [0.25, 0.3) is 0 Å². The third-order valence-electron chi connectivity index (χ3n) is 4.66. The lowest BCUT2D eigenvalue weighted by Gasteiger charge is -2.35. The first kappa shape index (κ1) is 19.2. The molecule has 0 atom stereocenters. The second-order valence-corrected chi connectivity index (χ2v) is 7.89. The third kappa shape index (κ3) is 4.69. The Hall–Kier alpha value is -1.15. The first-order valence-electron chi connectivity index (χ1n) is 8.60. The van der Waals surface area contributed by atoms with Crippen molar-refractivity contribution >= 4 is 10.0 Å². The van der Waals surface area contributed by atoms with E-state index in [-0.39, 0.29) is 0 Å². The Kier molecular flexibility index (Phi) is 7.03. The molecule has 0 unspecified atom stereocenters. The largest absolute Gasteiger partial charge is 0.497 e. The number of nitrogens with zero attached hydrogens (tertiary/aromatic N) is 3. The molecular formula is C17H29N3O3S. The number of hydrogen-bond acceptors (Lipinski definition) is 5. The number of benzene rings is 1. The average molecular weight is 356 g/mol. The van der Waals surface area contributed by atoms with Gasteiger partial charge in [-0.2, -0.15) is 4.31 Å². The highest BCUT2D eigenvalue weighted by atomic mass is 32.2. The molecule has 0 amide bonds. The maximum atomic E-state index is 12.7. The number of piperazine rings is 1. The Balaban J connectivity index is 1.90. The van der Waals surface area contributed by atoms with Crippen LogP contribution in [0.2, 0.25) is 0 Å². The van der Waals surface area contributed by atoms with Crippen molar-refractivity contribution in [3.05, 3.63) is 24.3 Å². The van der Waals surface area contributed by atoms with Crippen LogP contribution in [0.5, 0.6) is 5.75 Å². The van der Waals surface area contributed by atoms with Gasteiger partial charge in [-0.25, -0.2) is 8.42 Å². The monoisotopic (exact) mass is 355 g/mol. The summed E-state index contributed by atoms with van der Waals surface area (Å²) in [5, 5.41) is 0. The van der Waals surface area contributed by atoms with Crippen LogP contribution in [0.4, 0.5) is 0 Å². The average Bonchev–Trinajstić information content (AvgIpc) is 2.63. The molecule has 1 heterocycles. The Bertz CT molecular complexity index is 592. The van der Waals surface area contributed by atoms with Crippen LogP contribution >= 0.6 is 0 Å². The molecule has 0 saturated carbocycles. The molecule has 0 spiro atoms. The summed E-state index contributed by atoms with van der Waals surface area (Å²) in [6, 6.07) is 6.60. The van der Waals surface area contributed by atoms with Gasteiger partial charge in [0.1, 0.15) is 5.75 Å². The maximum Gasteiger partial charge on any atom is 0.243 e. The van der Waals surface area contributed by atoms with Crippen molar-refractivity contribution in [1.82, 2.24) is 14.1 Å². The minimum absolute atomic E-state index is 0.333. The first-order chi connectivity index (χ1) is 11.5. The third-order valence-corrected chi connectivity index (χ3v) is 6.57. The molecule has 2 rings (SSSR count). The molecule has 0 aliphatic carbocycles. The Morgan fingerprint density at radius 3 is 2.12 bits per heavy atom. The summed E-state index contributed by atoms with van der Waals surface area (Å²) in [5.74, 6) is 0.662. The molecule has 7 heteroatoms. The highest BCUT2D eigenvalue weighted by Gasteiger charge is 2.28. The second kappa shape index (κ2) is 8.80. The number of ether oxygens (including phenoxy) is 1. The Morgan fingerprint density at radius 1 is 1.04 bits per heavy atom. The maximum absolute atomic E-state index is 12.7. The van der Waals surface area contributed by atoms with E-state index >= 15 is 0 Å². The fourth-order valence-corrected chi connectivity index (χ4v) is 4.34. The number of sulfonamides is 1. The van der Waals surface area contributed by atoms with Gasteiger partial charge in [0.25, 0.3) is 0 Å². The van der Waals surface area contributed by atoms with Gasteiger partial charge in [0.15, 0.2) is 0 Å². The summed E-state index contributed by atoms with van der Waals surface area (Å²) in [6.45, 7) is 11.2. The molecule has 0 aromatic heterocycles. The summed E-state index contributed by atoms with van der Waals surface area (Å²) in [7, 11) is -1.84. The van der Waals surface area contributed by atoms with E-state index in [2.05, 4.69) is 23.6 Å². The van der Waals surface area contributed by atoms with Gasteiger partial charge in [-0.15, -0.1) is 0 Å². The topological polar surface area (TPSA) is 53.1 Å². The highest BCUT2D eigenvalue weighted by Crippen LogP contribution is 2.20. The molecule has 136 valence electrons. The predicted molar refractivity (Wildman–Crippen MR) is 96.0 cm³/mol. The lowest BCUT2D eigenvalue weighted by molar-refractivity contribution is 0.163. The van der Waals surface area contributed by atoms with E-state index in [1.54, 1.807) is 35.7 Å². The molecule has 0 N–H and O–H groups in total. The Labute approximate surface area is 146 Å². The quantitative estimate of drug-likeness (QED) is 0.704. The van der Waals surface area contributed by atoms with Crippen molar-refractivity contribution in [2.75, 3.05) is 59.5 Å². The van der Waals surface area contributed by atoms with E-state index < -0.39 is 10.0 Å². The SMILES string of the molecule is CCN(CC)CCN1CCN(S(=O)(=O)c2ccc(OC)cc2)CC1. The molecule has 6 nitrogen and oxygen atoms in total. The van der Waals surface area contributed by atoms with Gasteiger partial charge >= 0.3 is 0 Å². The first-order valence-corrected chi connectivity index (χ1v) is 10.0. The van der Waals surface area contributed by atoms with E-state index in [0.29, 0.717) is 23.7 Å². The lowest BCUT2D eigenvalue weighted by atomic mass is 10.3. The van der Waals surface area contributed by atoms with Gasteiger partial charge in [-0.05, 0) is 37.4 Å². The second-order valence-electron chi connectivity index (χ2n) is 5.95. The molecule has 0 bridgehead atoms. The van der Waals surface area contributed by atoms with Crippen LogP contribution in [0.1, 0.15) is 13.8 Å². The summed E-state index contributed by atoms with van der Waals surface area (Å²) < 4.78 is 32.1. The molecule has 1 aromatic rings. The summed E-state index contributed by atoms with van der Waals surface area (Å²) >= 11 is 0. The van der Waals surface area contributed by atoms with E-state index in [4.69, 9.17) is 4.74 Å². The number of methoxy groups -OCH3 is 1. The predicted octanol–water partition coefficient (Wildman–Crippen LogP) is 1.34. The van der Waals surface area contributed by atoms with Gasteiger partial charge < -0.3 is 9.64 Å². The smallest absolute Gasteiger partial charge is 0.243 e. The van der Waals surface area contributed by atoms with Crippen molar-refractivity contribution < 1.29 is 13.2 Å². The van der Waals surface area contributed by atoms with Crippen molar-refractivity contribution in [3.63, 3.8) is 0 Å². The number of likely N-dealkylation sites (N-methyl/N-ethyl adjacent to an activating group) is 1. The van der Waals surface area contributed by atoms with Gasteiger partial charge in [-0.1, -0.05) is 13.8 Å². The zero-order valence-electron chi connectivity index (χ0n) is 14.9. The molecule has 0 radical (unpaired) electrons. The van der Waals surface area contributed by atoms with E-state index in [1.165, 1.54) is 0 Å². The van der Waals surface area contributed by atoms with Crippen LogP contribution in [-0.2, 0) is 10.0 Å². The molecular weight excluding hydrogens is 326 g/mol. The van der Waals surface area contributed by atoms with Crippen LogP contribution in [0.3, 0.4) is 0 Å². The zero-order chi connectivity index (χ0) is 17.6. The molecule has 1 saturated heterocycles. The minimum atomic E-state index is -3.41. The summed E-state index contributed by atoms with van der Waals surface area (Å²) in [4.78, 5) is 5.07. The van der Waals surface area contributed by atoms with E-state index in [1.807, 2.05) is 0 Å². The molecule has 1 aliphatic heterocycles. The normalized spacial score (nSPS) is 17.3. The van der Waals surface area contributed by atoms with Crippen molar-refractivity contribution in [3.8, 4) is 5.75 Å². The molecule has 1 aliphatic rings. The fourth-order valence-electron chi connectivity index (χ4n) is 2.91. The van der Waals surface area contributed by atoms with Gasteiger partial charge in [0.05, 0.1) is 12.0 Å². The van der Waals surface area contributed by atoms with Gasteiger partial charge in [0.2, 0.25) is 10.0 Å². The number of hydrogen-bond donors (Lipinski definition) is 0.